The van der Waals surface area contributed by atoms with Gasteiger partial charge in [0.2, 0.25) is 0 Å². The van der Waals surface area contributed by atoms with Crippen LogP contribution in [0.25, 0.3) is 5.41 Å². The van der Waals surface area contributed by atoms with Crippen LogP contribution in [0.1, 0.15) is 6.92 Å². The van der Waals surface area contributed by atoms with Gasteiger partial charge in [-0.25, -0.2) is 15.9 Å². The molecule has 0 radical (unpaired) electrons. The lowest BCUT2D eigenvalue weighted by Gasteiger charge is -1.83. The highest BCUT2D eigenvalue weighted by molar-refractivity contribution is 6.23. The molecule has 1 aliphatic heterocycles. The van der Waals surface area contributed by atoms with E-state index < -0.39 is 0 Å². The number of hydrogen-bond donors (Lipinski definition) is 0. The van der Waals surface area contributed by atoms with Gasteiger partial charge in [-0.05, 0) is 6.92 Å². The van der Waals surface area contributed by atoms with Crippen LogP contribution < -0.4 is 0 Å². The molecule has 48 valence electrons. The highest BCUT2D eigenvalue weighted by Crippen LogP contribution is 2.05. The third-order valence-electron chi connectivity index (χ3n) is 0.983. The van der Waals surface area contributed by atoms with E-state index >= 15 is 0 Å². The molecule has 0 aliphatic carbocycles. The topological polar surface area (TPSA) is 70.8 Å². The monoisotopic (exact) mass is 131 g/mol. The standard InChI is InChI=1S/C6H3N4/c1-4-9-5(2-7)6(3-8)10-4/h1H3/q-1. The van der Waals surface area contributed by atoms with Crippen molar-refractivity contribution in [1.82, 2.24) is 0 Å². The Morgan fingerprint density at radius 1 is 1.50 bits per heavy atom. The van der Waals surface area contributed by atoms with Crippen molar-refractivity contribution in [3.05, 3.63) is 11.1 Å². The number of rotatable bonds is 0. The molecule has 0 spiro atoms. The third-order valence-corrected chi connectivity index (χ3v) is 0.983. The predicted octanol–water partition coefficient (Wildman–Crippen LogP) is 0.506. The predicted molar refractivity (Wildman–Crippen MR) is 38.0 cm³/mol. The van der Waals surface area contributed by atoms with Crippen LogP contribution in [0.15, 0.2) is 15.7 Å². The van der Waals surface area contributed by atoms with Gasteiger partial charge in [-0.2, -0.15) is 5.26 Å². The minimum Gasteiger partial charge on any atom is -0.761 e. The fourth-order valence-corrected chi connectivity index (χ4v) is 0.610. The van der Waals surface area contributed by atoms with Crippen molar-refractivity contribution in [3.63, 3.8) is 0 Å². The Morgan fingerprint density at radius 3 is 2.60 bits per heavy atom. The zero-order valence-corrected chi connectivity index (χ0v) is 5.29. The van der Waals surface area contributed by atoms with Crippen molar-refractivity contribution in [1.29, 1.82) is 5.26 Å². The van der Waals surface area contributed by atoms with Crippen LogP contribution in [0.2, 0.25) is 0 Å². The molecule has 0 aromatic rings. The molecule has 4 nitrogen and oxygen atoms in total. The number of allylic oxidation sites excluding steroid dienone is 1. The van der Waals surface area contributed by atoms with E-state index in [1.54, 1.807) is 18.9 Å². The summed E-state index contributed by atoms with van der Waals surface area (Å²) in [6.07, 6.45) is 0. The molecule has 0 bridgehead atoms. The molecule has 1 aliphatic rings. The summed E-state index contributed by atoms with van der Waals surface area (Å²) in [6.45, 7) is 1.64. The van der Waals surface area contributed by atoms with E-state index in [0.29, 0.717) is 5.84 Å². The van der Waals surface area contributed by atoms with Gasteiger partial charge in [0.25, 0.3) is 0 Å². The first kappa shape index (κ1) is 6.40. The summed E-state index contributed by atoms with van der Waals surface area (Å²) in [5.41, 5.74) is 0.222. The van der Waals surface area contributed by atoms with Gasteiger partial charge in [0, 0.05) is 0 Å². The molecule has 0 aromatic carbocycles. The molecule has 1 heterocycles. The maximum atomic E-state index is 8.36. The summed E-state index contributed by atoms with van der Waals surface area (Å²) in [4.78, 5) is 7.41. The molecule has 0 N–H and O–H groups in total. The molecule has 10 heavy (non-hydrogen) atoms. The second-order valence-electron chi connectivity index (χ2n) is 1.69. The SMILES string of the molecule is CC1=NC(=C=[N-])C(C#N)=N1. The molecule has 0 atom stereocenters. The van der Waals surface area contributed by atoms with Crippen LogP contribution in [-0.4, -0.2) is 17.4 Å². The van der Waals surface area contributed by atoms with Gasteiger partial charge in [0.1, 0.15) is 17.6 Å². The maximum Gasteiger partial charge on any atom is 0.174 e. The molecular formula is C6H3N4-. The largest absolute Gasteiger partial charge is 0.761 e. The highest BCUT2D eigenvalue weighted by atomic mass is 15.0. The normalized spacial score (nSPS) is 15.4. The number of nitriles is 1. The summed E-state index contributed by atoms with van der Waals surface area (Å²) in [7, 11) is 0. The Bertz CT molecular complexity index is 309. The van der Waals surface area contributed by atoms with Gasteiger partial charge >= 0.3 is 0 Å². The van der Waals surface area contributed by atoms with Crippen molar-refractivity contribution in [2.45, 2.75) is 6.92 Å². The first-order valence-electron chi connectivity index (χ1n) is 2.59. The molecule has 4 heteroatoms. The van der Waals surface area contributed by atoms with E-state index in [1.807, 2.05) is 0 Å². The second-order valence-corrected chi connectivity index (χ2v) is 1.69. The van der Waals surface area contributed by atoms with Crippen LogP contribution >= 0.6 is 0 Å². The molecule has 0 aromatic heterocycles. The Labute approximate surface area is 57.7 Å². The fourth-order valence-electron chi connectivity index (χ4n) is 0.610. The molecule has 0 saturated carbocycles. The molecule has 0 unspecified atom stereocenters. The van der Waals surface area contributed by atoms with Crippen molar-refractivity contribution in [3.8, 4) is 6.07 Å². The summed E-state index contributed by atoms with van der Waals surface area (Å²) < 4.78 is 0. The summed E-state index contributed by atoms with van der Waals surface area (Å²) in [5.74, 6) is 2.24. The minimum absolute atomic E-state index is 0.111. The summed E-state index contributed by atoms with van der Waals surface area (Å²) in [5, 5.41) is 16.7. The van der Waals surface area contributed by atoms with Crippen LogP contribution in [0.4, 0.5) is 0 Å². The Morgan fingerprint density at radius 2 is 2.20 bits per heavy atom. The first-order valence-corrected chi connectivity index (χ1v) is 2.59. The van der Waals surface area contributed by atoms with Crippen LogP contribution in [0, 0.1) is 11.3 Å². The average molecular weight is 131 g/mol. The second kappa shape index (κ2) is 2.26. The van der Waals surface area contributed by atoms with Crippen LogP contribution in [0.3, 0.4) is 0 Å². The van der Waals surface area contributed by atoms with Crippen molar-refractivity contribution in [2.75, 3.05) is 0 Å². The van der Waals surface area contributed by atoms with E-state index in [4.69, 9.17) is 10.7 Å². The van der Waals surface area contributed by atoms with Gasteiger partial charge < -0.3 is 5.41 Å². The van der Waals surface area contributed by atoms with E-state index in [0.717, 1.165) is 0 Å². The number of aliphatic imine (C=N–C) groups is 2. The number of hydrogen-bond acceptors (Lipinski definition) is 3. The molecule has 0 saturated heterocycles. The maximum absolute atomic E-state index is 8.36. The van der Waals surface area contributed by atoms with E-state index in [-0.39, 0.29) is 11.4 Å². The van der Waals surface area contributed by atoms with Crippen LogP contribution in [-0.2, 0) is 0 Å². The molecule has 1 rings (SSSR count). The van der Waals surface area contributed by atoms with E-state index in [1.165, 1.54) is 0 Å². The minimum atomic E-state index is 0.111. The van der Waals surface area contributed by atoms with E-state index in [9.17, 15) is 0 Å². The van der Waals surface area contributed by atoms with Crippen molar-refractivity contribution in [2.24, 2.45) is 9.98 Å². The first-order chi connectivity index (χ1) is 4.77. The van der Waals surface area contributed by atoms with Crippen molar-refractivity contribution >= 4 is 17.4 Å². The lowest BCUT2D eigenvalue weighted by atomic mass is 10.3. The lowest BCUT2D eigenvalue weighted by molar-refractivity contribution is 1.51. The molecule has 0 amide bonds. The third kappa shape index (κ3) is 0.859. The Hall–Kier alpha value is -1.72. The van der Waals surface area contributed by atoms with Gasteiger partial charge in [-0.15, -0.1) is 0 Å². The summed E-state index contributed by atoms with van der Waals surface area (Å²) >= 11 is 0. The van der Waals surface area contributed by atoms with Gasteiger partial charge in [0.15, 0.2) is 5.71 Å². The van der Waals surface area contributed by atoms with Crippen LogP contribution in [0.5, 0.6) is 0 Å². The number of nitrogens with zero attached hydrogens (tertiary/aromatic N) is 4. The van der Waals surface area contributed by atoms with Crippen molar-refractivity contribution < 1.29 is 0 Å². The zero-order valence-electron chi connectivity index (χ0n) is 5.29. The zero-order chi connectivity index (χ0) is 7.56. The smallest absolute Gasteiger partial charge is 0.174 e. The van der Waals surface area contributed by atoms with E-state index in [2.05, 4.69) is 9.98 Å². The lowest BCUT2D eigenvalue weighted by Crippen LogP contribution is -1.91. The summed E-state index contributed by atoms with van der Waals surface area (Å²) in [6, 6.07) is 1.77. The fraction of sp³-hybridized carbons (Fsp3) is 0.167. The molecule has 0 fully saturated rings. The highest BCUT2D eigenvalue weighted by Gasteiger charge is 2.09. The van der Waals surface area contributed by atoms with Gasteiger partial charge in [0.05, 0.1) is 0 Å². The quantitative estimate of drug-likeness (QED) is 0.441. The Balaban J connectivity index is 3.16. The number of amidine groups is 1. The van der Waals surface area contributed by atoms with Gasteiger partial charge in [-0.1, -0.05) is 0 Å². The molecular weight excluding hydrogens is 128 g/mol. The van der Waals surface area contributed by atoms with Gasteiger partial charge in [-0.3, -0.25) is 0 Å². The average Bonchev–Trinajstić information content (AvgIpc) is 2.30. The Kier molecular flexibility index (Phi) is 1.44.